The Bertz CT molecular complexity index is 1250. The summed E-state index contributed by atoms with van der Waals surface area (Å²) >= 11 is 0. The van der Waals surface area contributed by atoms with Crippen molar-refractivity contribution in [1.82, 2.24) is 15.1 Å². The molecule has 1 amide bonds. The van der Waals surface area contributed by atoms with Crippen molar-refractivity contribution in [2.24, 2.45) is 0 Å². The molecule has 7 heteroatoms. The molecule has 0 bridgehead atoms. The maximum absolute atomic E-state index is 13.0. The van der Waals surface area contributed by atoms with Gasteiger partial charge in [0.1, 0.15) is 6.04 Å². The quantitative estimate of drug-likeness (QED) is 0.326. The van der Waals surface area contributed by atoms with Gasteiger partial charge in [-0.3, -0.25) is 14.3 Å². The van der Waals surface area contributed by atoms with Gasteiger partial charge in [0, 0.05) is 11.8 Å². The number of carbonyl (C=O) groups excluding carboxylic acids is 1. The van der Waals surface area contributed by atoms with E-state index in [0.717, 1.165) is 27.8 Å². The van der Waals surface area contributed by atoms with Gasteiger partial charge in [-0.15, -0.1) is 0 Å². The van der Waals surface area contributed by atoms with E-state index in [0.29, 0.717) is 6.42 Å². The number of benzene rings is 3. The molecule has 1 heterocycles. The van der Waals surface area contributed by atoms with Crippen LogP contribution in [0.3, 0.4) is 0 Å². The van der Waals surface area contributed by atoms with E-state index in [-0.39, 0.29) is 6.61 Å². The van der Waals surface area contributed by atoms with E-state index < -0.39 is 30.4 Å². The lowest BCUT2D eigenvalue weighted by Gasteiger charge is -2.21. The monoisotopic (exact) mass is 469 g/mol. The maximum Gasteiger partial charge on any atom is 0.306 e. The van der Waals surface area contributed by atoms with Gasteiger partial charge >= 0.3 is 5.97 Å². The molecular weight excluding hydrogens is 442 g/mol. The Balaban J connectivity index is 1.50. The Morgan fingerprint density at radius 2 is 1.40 bits per heavy atom. The first-order chi connectivity index (χ1) is 17.0. The summed E-state index contributed by atoms with van der Waals surface area (Å²) in [5, 5.41) is 26.3. The summed E-state index contributed by atoms with van der Waals surface area (Å²) in [6.07, 6.45) is 3.30. The zero-order chi connectivity index (χ0) is 24.6. The molecular formula is C28H27N3O4. The molecule has 4 aromatic rings. The number of aliphatic carboxylic acids is 1. The molecule has 178 valence electrons. The van der Waals surface area contributed by atoms with E-state index >= 15 is 0 Å². The summed E-state index contributed by atoms with van der Waals surface area (Å²) in [6.45, 7) is -0.265. The molecule has 0 fully saturated rings. The van der Waals surface area contributed by atoms with Gasteiger partial charge < -0.3 is 15.5 Å². The van der Waals surface area contributed by atoms with Gasteiger partial charge in [-0.1, -0.05) is 84.9 Å². The Morgan fingerprint density at radius 1 is 0.829 bits per heavy atom. The second kappa shape index (κ2) is 11.3. The van der Waals surface area contributed by atoms with Gasteiger partial charge in [0.2, 0.25) is 5.91 Å². The number of hydrogen-bond donors (Lipinski definition) is 3. The van der Waals surface area contributed by atoms with Crippen molar-refractivity contribution in [1.29, 1.82) is 0 Å². The van der Waals surface area contributed by atoms with E-state index in [1.807, 2.05) is 84.9 Å². The number of rotatable bonds is 10. The molecule has 4 rings (SSSR count). The average molecular weight is 470 g/mol. The molecule has 0 unspecified atom stereocenters. The van der Waals surface area contributed by atoms with Crippen molar-refractivity contribution in [3.63, 3.8) is 0 Å². The SMILES string of the molecule is O=C(O)C[C@H](C(=O)N[C@H](CO)Cc1ccccc1)n1cc(-c2ccc(-c3ccccc3)cc2)cn1. The topological polar surface area (TPSA) is 104 Å². The molecule has 0 saturated carbocycles. The molecule has 1 aromatic heterocycles. The predicted octanol–water partition coefficient (Wildman–Crippen LogP) is 3.95. The molecule has 0 spiro atoms. The first-order valence-corrected chi connectivity index (χ1v) is 11.4. The number of nitrogens with one attached hydrogen (secondary N) is 1. The zero-order valence-electron chi connectivity index (χ0n) is 19.1. The van der Waals surface area contributed by atoms with E-state index in [9.17, 15) is 19.8 Å². The fourth-order valence-electron chi connectivity index (χ4n) is 3.97. The minimum atomic E-state index is -1.11. The van der Waals surface area contributed by atoms with Gasteiger partial charge in [-0.05, 0) is 28.7 Å². The number of aliphatic hydroxyl groups is 1. The molecule has 35 heavy (non-hydrogen) atoms. The molecule has 2 atom stereocenters. The second-order valence-electron chi connectivity index (χ2n) is 8.34. The lowest BCUT2D eigenvalue weighted by molar-refractivity contribution is -0.141. The van der Waals surface area contributed by atoms with Crippen LogP contribution >= 0.6 is 0 Å². The van der Waals surface area contributed by atoms with Crippen LogP contribution in [0.2, 0.25) is 0 Å². The van der Waals surface area contributed by atoms with Gasteiger partial charge in [-0.2, -0.15) is 5.10 Å². The highest BCUT2D eigenvalue weighted by atomic mass is 16.4. The smallest absolute Gasteiger partial charge is 0.306 e. The maximum atomic E-state index is 13.0. The lowest BCUT2D eigenvalue weighted by Crippen LogP contribution is -2.43. The van der Waals surface area contributed by atoms with Crippen LogP contribution in [-0.4, -0.2) is 44.5 Å². The molecule has 0 radical (unpaired) electrons. The average Bonchev–Trinajstić information content (AvgIpc) is 3.38. The summed E-state index contributed by atoms with van der Waals surface area (Å²) < 4.78 is 1.38. The lowest BCUT2D eigenvalue weighted by atomic mass is 10.0. The minimum absolute atomic E-state index is 0.265. The number of nitrogens with zero attached hydrogens (tertiary/aromatic N) is 2. The molecule has 7 nitrogen and oxygen atoms in total. The fourth-order valence-corrected chi connectivity index (χ4v) is 3.97. The normalized spacial score (nSPS) is 12.6. The number of amides is 1. The van der Waals surface area contributed by atoms with Crippen molar-refractivity contribution < 1.29 is 19.8 Å². The van der Waals surface area contributed by atoms with Crippen LogP contribution in [0.15, 0.2) is 97.3 Å². The molecule has 0 aliphatic heterocycles. The van der Waals surface area contributed by atoms with Crippen molar-refractivity contribution in [3.05, 3.63) is 103 Å². The third-order valence-corrected chi connectivity index (χ3v) is 5.81. The zero-order valence-corrected chi connectivity index (χ0v) is 19.1. The molecule has 3 N–H and O–H groups in total. The van der Waals surface area contributed by atoms with Crippen LogP contribution < -0.4 is 5.32 Å². The second-order valence-corrected chi connectivity index (χ2v) is 8.34. The minimum Gasteiger partial charge on any atom is -0.481 e. The van der Waals surface area contributed by atoms with E-state index in [1.54, 1.807) is 12.4 Å². The molecule has 0 aliphatic rings. The number of carbonyl (C=O) groups is 2. The number of hydrogen-bond acceptors (Lipinski definition) is 4. The fraction of sp³-hybridized carbons (Fsp3) is 0.179. The third kappa shape index (κ3) is 6.22. The summed E-state index contributed by atoms with van der Waals surface area (Å²) in [5.74, 6) is -1.62. The van der Waals surface area contributed by atoms with Crippen molar-refractivity contribution in [2.45, 2.75) is 24.9 Å². The van der Waals surface area contributed by atoms with E-state index in [2.05, 4.69) is 10.4 Å². The molecule has 0 aliphatic carbocycles. The predicted molar refractivity (Wildman–Crippen MR) is 134 cm³/mol. The summed E-state index contributed by atoms with van der Waals surface area (Å²) in [5.41, 5.74) is 4.83. The molecule has 0 saturated heterocycles. The van der Waals surface area contributed by atoms with Crippen LogP contribution in [0.5, 0.6) is 0 Å². The Hall–Kier alpha value is -4.23. The first kappa shape index (κ1) is 23.9. The number of aliphatic hydroxyl groups excluding tert-OH is 1. The number of carboxylic acids is 1. The largest absolute Gasteiger partial charge is 0.481 e. The highest BCUT2D eigenvalue weighted by Gasteiger charge is 2.26. The number of aromatic nitrogens is 2. The van der Waals surface area contributed by atoms with Crippen LogP contribution in [0, 0.1) is 0 Å². The number of carboxylic acid groups (broad SMARTS) is 1. The summed E-state index contributed by atoms with van der Waals surface area (Å²) in [6, 6.07) is 25.9. The van der Waals surface area contributed by atoms with Crippen molar-refractivity contribution >= 4 is 11.9 Å². The van der Waals surface area contributed by atoms with Crippen LogP contribution in [0.4, 0.5) is 0 Å². The van der Waals surface area contributed by atoms with Crippen molar-refractivity contribution in [2.75, 3.05) is 6.61 Å². The standard InChI is InChI=1S/C28H27N3O4/c32-19-25(15-20-7-3-1-4-8-20)30-28(35)26(16-27(33)34)31-18-24(17-29-31)23-13-11-22(12-14-23)21-9-5-2-6-10-21/h1-14,17-18,25-26,32H,15-16,19H2,(H,30,35)(H,33,34)/t25-,26+/m0/s1. The Labute approximate surface area is 203 Å². The Morgan fingerprint density at radius 3 is 2.00 bits per heavy atom. The molecule has 3 aromatic carbocycles. The van der Waals surface area contributed by atoms with Crippen LogP contribution in [0.1, 0.15) is 18.0 Å². The van der Waals surface area contributed by atoms with Crippen LogP contribution in [-0.2, 0) is 16.0 Å². The van der Waals surface area contributed by atoms with Crippen LogP contribution in [0.25, 0.3) is 22.3 Å². The van der Waals surface area contributed by atoms with Gasteiger partial charge in [0.15, 0.2) is 0 Å². The highest BCUT2D eigenvalue weighted by molar-refractivity contribution is 5.85. The first-order valence-electron chi connectivity index (χ1n) is 11.4. The third-order valence-electron chi connectivity index (χ3n) is 5.81. The van der Waals surface area contributed by atoms with Gasteiger partial charge in [0.25, 0.3) is 0 Å². The van der Waals surface area contributed by atoms with Crippen molar-refractivity contribution in [3.8, 4) is 22.3 Å². The highest BCUT2D eigenvalue weighted by Crippen LogP contribution is 2.25. The summed E-state index contributed by atoms with van der Waals surface area (Å²) in [7, 11) is 0. The Kier molecular flexibility index (Phi) is 7.70. The van der Waals surface area contributed by atoms with E-state index in [4.69, 9.17) is 0 Å². The van der Waals surface area contributed by atoms with Gasteiger partial charge in [-0.25, -0.2) is 0 Å². The van der Waals surface area contributed by atoms with E-state index in [1.165, 1.54) is 4.68 Å². The summed E-state index contributed by atoms with van der Waals surface area (Å²) in [4.78, 5) is 24.6. The van der Waals surface area contributed by atoms with Gasteiger partial charge in [0.05, 0.1) is 25.3 Å².